The van der Waals surface area contributed by atoms with Gasteiger partial charge in [-0.15, -0.1) is 0 Å². The summed E-state index contributed by atoms with van der Waals surface area (Å²) in [6.07, 6.45) is 1.07. The molecule has 1 aromatic carbocycles. The first-order valence-electron chi connectivity index (χ1n) is 6.66. The quantitative estimate of drug-likeness (QED) is 0.749. The van der Waals surface area contributed by atoms with Crippen molar-refractivity contribution in [3.8, 4) is 11.8 Å². The fourth-order valence-corrected chi connectivity index (χ4v) is 1.98. The number of nitrogens with one attached hydrogen (secondary N) is 2. The molecule has 106 valence electrons. The van der Waals surface area contributed by atoms with E-state index in [-0.39, 0.29) is 6.61 Å². The van der Waals surface area contributed by atoms with Crippen molar-refractivity contribution in [1.82, 2.24) is 10.3 Å². The summed E-state index contributed by atoms with van der Waals surface area (Å²) in [5, 5.41) is 22.8. The van der Waals surface area contributed by atoms with E-state index in [2.05, 4.69) is 16.4 Å². The predicted molar refractivity (Wildman–Crippen MR) is 77.7 cm³/mol. The van der Waals surface area contributed by atoms with Gasteiger partial charge in [0, 0.05) is 18.8 Å². The Morgan fingerprint density at radius 2 is 2.25 bits per heavy atom. The van der Waals surface area contributed by atoms with E-state index >= 15 is 0 Å². The third-order valence-corrected chi connectivity index (χ3v) is 2.98. The molecule has 0 spiro atoms. The van der Waals surface area contributed by atoms with Gasteiger partial charge in [0.1, 0.15) is 24.5 Å². The van der Waals surface area contributed by atoms with Crippen LogP contribution in [0.5, 0.6) is 5.75 Å². The number of aromatic nitrogens is 1. The highest BCUT2D eigenvalue weighted by atomic mass is 16.5. The molecule has 5 heteroatoms. The topological polar surface area (TPSA) is 81.1 Å². The highest BCUT2D eigenvalue weighted by Crippen LogP contribution is 2.28. The van der Waals surface area contributed by atoms with E-state index < -0.39 is 6.10 Å². The summed E-state index contributed by atoms with van der Waals surface area (Å²) in [4.78, 5) is 3.03. The first-order valence-corrected chi connectivity index (χ1v) is 6.66. The highest BCUT2D eigenvalue weighted by Gasteiger charge is 2.11. The zero-order valence-electron chi connectivity index (χ0n) is 11.7. The molecule has 0 amide bonds. The number of rotatable bonds is 6. The average Bonchev–Trinajstić information content (AvgIpc) is 2.86. The summed E-state index contributed by atoms with van der Waals surface area (Å²) < 4.78 is 5.65. The Kier molecular flexibility index (Phi) is 4.61. The van der Waals surface area contributed by atoms with Crippen molar-refractivity contribution in [3.05, 3.63) is 30.0 Å². The predicted octanol–water partition coefficient (Wildman–Crippen LogP) is 1.78. The zero-order chi connectivity index (χ0) is 14.5. The van der Waals surface area contributed by atoms with Gasteiger partial charge in [0.15, 0.2) is 0 Å². The van der Waals surface area contributed by atoms with E-state index in [1.54, 1.807) is 12.3 Å². The van der Waals surface area contributed by atoms with Gasteiger partial charge in [0.25, 0.3) is 0 Å². The van der Waals surface area contributed by atoms with Crippen LogP contribution in [0.2, 0.25) is 0 Å². The molecular formula is C15H19N3O2. The number of H-pyrrole nitrogens is 1. The summed E-state index contributed by atoms with van der Waals surface area (Å²) in [6, 6.07) is 8.00. The maximum atomic E-state index is 9.85. The normalized spacial score (nSPS) is 12.6. The Balaban J connectivity index is 2.06. The number of benzene rings is 1. The SMILES string of the molecule is CC(C)NCC(O)COc1cccc2[nH]cc(C#N)c12. The molecule has 0 aliphatic rings. The second-order valence-electron chi connectivity index (χ2n) is 5.02. The molecule has 2 rings (SSSR count). The molecule has 1 unspecified atom stereocenters. The fourth-order valence-electron chi connectivity index (χ4n) is 1.98. The van der Waals surface area contributed by atoms with Crippen LogP contribution in [0.1, 0.15) is 19.4 Å². The molecule has 0 radical (unpaired) electrons. The second kappa shape index (κ2) is 6.42. The molecule has 20 heavy (non-hydrogen) atoms. The minimum atomic E-state index is -0.586. The number of hydrogen-bond donors (Lipinski definition) is 3. The molecule has 0 saturated heterocycles. The lowest BCUT2D eigenvalue weighted by atomic mass is 10.1. The largest absolute Gasteiger partial charge is 0.490 e. The van der Waals surface area contributed by atoms with Gasteiger partial charge >= 0.3 is 0 Å². The average molecular weight is 273 g/mol. The number of fused-ring (bicyclic) bond motifs is 1. The fraction of sp³-hybridized carbons (Fsp3) is 0.400. The van der Waals surface area contributed by atoms with Crippen LogP contribution in [0.15, 0.2) is 24.4 Å². The van der Waals surface area contributed by atoms with Crippen LogP contribution in [0.4, 0.5) is 0 Å². The molecule has 1 aromatic heterocycles. The van der Waals surface area contributed by atoms with Crippen molar-refractivity contribution in [2.45, 2.75) is 26.0 Å². The first-order chi connectivity index (χ1) is 9.61. The molecule has 1 atom stereocenters. The number of aromatic amines is 1. The Labute approximate surface area is 118 Å². The summed E-state index contributed by atoms with van der Waals surface area (Å²) in [7, 11) is 0. The number of aliphatic hydroxyl groups excluding tert-OH is 1. The minimum absolute atomic E-state index is 0.189. The van der Waals surface area contributed by atoms with Crippen molar-refractivity contribution in [3.63, 3.8) is 0 Å². The van der Waals surface area contributed by atoms with Gasteiger partial charge in [-0.1, -0.05) is 19.9 Å². The Hall–Kier alpha value is -2.03. The maximum Gasteiger partial charge on any atom is 0.130 e. The third kappa shape index (κ3) is 3.29. The molecule has 5 nitrogen and oxygen atoms in total. The van der Waals surface area contributed by atoms with Gasteiger partial charge < -0.3 is 20.1 Å². The number of hydrogen-bond acceptors (Lipinski definition) is 4. The maximum absolute atomic E-state index is 9.85. The van der Waals surface area contributed by atoms with Gasteiger partial charge in [-0.2, -0.15) is 5.26 Å². The first kappa shape index (κ1) is 14.4. The number of aliphatic hydroxyl groups is 1. The van der Waals surface area contributed by atoms with Crippen molar-refractivity contribution in [1.29, 1.82) is 5.26 Å². The van der Waals surface area contributed by atoms with Gasteiger partial charge in [-0.25, -0.2) is 0 Å². The zero-order valence-corrected chi connectivity index (χ0v) is 11.7. The number of nitriles is 1. The van der Waals surface area contributed by atoms with E-state index in [0.29, 0.717) is 23.9 Å². The van der Waals surface area contributed by atoms with Crippen LogP contribution in [0.3, 0.4) is 0 Å². The van der Waals surface area contributed by atoms with Gasteiger partial charge in [-0.05, 0) is 12.1 Å². The summed E-state index contributed by atoms with van der Waals surface area (Å²) >= 11 is 0. The van der Waals surface area contributed by atoms with Crippen molar-refractivity contribution in [2.24, 2.45) is 0 Å². The van der Waals surface area contributed by atoms with Crippen molar-refractivity contribution >= 4 is 10.9 Å². The molecule has 2 aromatic rings. The van der Waals surface area contributed by atoms with E-state index in [1.807, 2.05) is 26.0 Å². The van der Waals surface area contributed by atoms with Crippen molar-refractivity contribution < 1.29 is 9.84 Å². The lowest BCUT2D eigenvalue weighted by molar-refractivity contribution is 0.105. The van der Waals surface area contributed by atoms with Crippen LogP contribution in [0, 0.1) is 11.3 Å². The van der Waals surface area contributed by atoms with Crippen LogP contribution >= 0.6 is 0 Å². The molecule has 0 saturated carbocycles. The van der Waals surface area contributed by atoms with Gasteiger partial charge in [0.2, 0.25) is 0 Å². The molecule has 0 aliphatic heterocycles. The van der Waals surface area contributed by atoms with Gasteiger partial charge in [0.05, 0.1) is 16.5 Å². The van der Waals surface area contributed by atoms with Crippen LogP contribution in [0.25, 0.3) is 10.9 Å². The number of nitrogens with zero attached hydrogens (tertiary/aromatic N) is 1. The van der Waals surface area contributed by atoms with Crippen molar-refractivity contribution in [2.75, 3.05) is 13.2 Å². The monoisotopic (exact) mass is 273 g/mol. The Morgan fingerprint density at radius 1 is 1.45 bits per heavy atom. The Morgan fingerprint density at radius 3 is 2.95 bits per heavy atom. The third-order valence-electron chi connectivity index (χ3n) is 2.98. The van der Waals surface area contributed by atoms with E-state index in [4.69, 9.17) is 10.00 Å². The summed E-state index contributed by atoms with van der Waals surface area (Å²) in [5.74, 6) is 0.615. The smallest absolute Gasteiger partial charge is 0.130 e. The molecule has 1 heterocycles. The number of ether oxygens (including phenoxy) is 1. The van der Waals surface area contributed by atoms with E-state index in [9.17, 15) is 5.11 Å². The molecule has 0 bridgehead atoms. The molecular weight excluding hydrogens is 254 g/mol. The Bertz CT molecular complexity index is 613. The summed E-state index contributed by atoms with van der Waals surface area (Å²) in [6.45, 7) is 4.71. The molecule has 0 aliphatic carbocycles. The second-order valence-corrected chi connectivity index (χ2v) is 5.02. The lowest BCUT2D eigenvalue weighted by Crippen LogP contribution is -2.35. The van der Waals surface area contributed by atoms with Crippen LogP contribution < -0.4 is 10.1 Å². The standard InChI is InChI=1S/C15H19N3O2/c1-10(2)17-8-12(19)9-20-14-5-3-4-13-15(14)11(6-16)7-18-13/h3-5,7,10,12,17-19H,8-9H2,1-2H3. The van der Waals surface area contributed by atoms with Gasteiger partial charge in [-0.3, -0.25) is 0 Å². The van der Waals surface area contributed by atoms with Crippen LogP contribution in [-0.2, 0) is 0 Å². The molecule has 0 fully saturated rings. The lowest BCUT2D eigenvalue weighted by Gasteiger charge is -2.15. The molecule has 3 N–H and O–H groups in total. The van der Waals surface area contributed by atoms with E-state index in [0.717, 1.165) is 10.9 Å². The minimum Gasteiger partial charge on any atom is -0.490 e. The summed E-state index contributed by atoms with van der Waals surface area (Å²) in [5.41, 5.74) is 1.40. The van der Waals surface area contributed by atoms with E-state index in [1.165, 1.54) is 0 Å². The highest BCUT2D eigenvalue weighted by molar-refractivity contribution is 5.91. The van der Waals surface area contributed by atoms with Crippen LogP contribution in [-0.4, -0.2) is 35.4 Å².